The number of carboxylic acids is 1. The van der Waals surface area contributed by atoms with Crippen molar-refractivity contribution in [3.8, 4) is 0 Å². The van der Waals surface area contributed by atoms with E-state index in [0.29, 0.717) is 51.6 Å². The van der Waals surface area contributed by atoms with E-state index in [1.165, 1.54) is 9.80 Å². The molecule has 41 heavy (non-hydrogen) atoms. The second kappa shape index (κ2) is 12.7. The lowest BCUT2D eigenvalue weighted by Gasteiger charge is -2.34. The van der Waals surface area contributed by atoms with E-state index in [1.807, 2.05) is 0 Å². The minimum Gasteiger partial charge on any atom is -0.481 e. The van der Waals surface area contributed by atoms with Gasteiger partial charge in [0.25, 0.3) is 0 Å². The Bertz CT molecular complexity index is 1050. The van der Waals surface area contributed by atoms with Gasteiger partial charge in [-0.3, -0.25) is 39.0 Å². The van der Waals surface area contributed by atoms with Gasteiger partial charge < -0.3 is 9.22 Å². The first-order valence-electron chi connectivity index (χ1n) is 15.1. The zero-order valence-electron chi connectivity index (χ0n) is 24.8. The van der Waals surface area contributed by atoms with E-state index in [0.717, 1.165) is 18.5 Å². The third-order valence-corrected chi connectivity index (χ3v) is 17.2. The summed E-state index contributed by atoms with van der Waals surface area (Å²) < 4.78 is 6.73. The van der Waals surface area contributed by atoms with Crippen LogP contribution in [0, 0.1) is 35.5 Å². The number of aliphatic carboxylic acids is 1. The van der Waals surface area contributed by atoms with Crippen LogP contribution in [0.4, 0.5) is 0 Å². The second-order valence-electron chi connectivity index (χ2n) is 13.7. The van der Waals surface area contributed by atoms with E-state index in [1.54, 1.807) is 0 Å². The van der Waals surface area contributed by atoms with Gasteiger partial charge in [0.15, 0.2) is 16.6 Å². The Balaban J connectivity index is 1.21. The Labute approximate surface area is 244 Å². The van der Waals surface area contributed by atoms with Crippen LogP contribution in [0.5, 0.6) is 0 Å². The fraction of sp³-hybridized carbons (Fsp3) is 0.821. The summed E-state index contributed by atoms with van der Waals surface area (Å²) in [5, 5.41) is 18.1. The molecule has 13 heteroatoms. The molecule has 0 aromatic heterocycles. The maximum atomic E-state index is 13.0. The molecule has 4 fully saturated rings. The number of carbonyl (C=O) groups is 5. The maximum absolute atomic E-state index is 13.0. The Morgan fingerprint density at radius 2 is 1.22 bits per heavy atom. The summed E-state index contributed by atoms with van der Waals surface area (Å²) in [6.07, 6.45) is 4.51. The number of rotatable bonds is 13. The average Bonchev–Trinajstić information content (AvgIpc) is 3.27. The Morgan fingerprint density at radius 3 is 1.71 bits per heavy atom. The van der Waals surface area contributed by atoms with Crippen LogP contribution in [0.25, 0.3) is 0 Å². The van der Waals surface area contributed by atoms with Gasteiger partial charge in [0, 0.05) is 13.1 Å². The van der Waals surface area contributed by atoms with E-state index in [9.17, 15) is 29.1 Å². The number of amides is 4. The molecule has 230 valence electrons. The van der Waals surface area contributed by atoms with E-state index in [4.69, 9.17) is 9.37 Å². The zero-order valence-corrected chi connectivity index (χ0v) is 26.8. The van der Waals surface area contributed by atoms with Crippen molar-refractivity contribution in [1.29, 1.82) is 0 Å². The summed E-state index contributed by atoms with van der Waals surface area (Å²) in [6.45, 7) is 9.56. The van der Waals surface area contributed by atoms with Crippen LogP contribution in [0.2, 0.25) is 38.3 Å². The molecule has 4 rings (SSSR count). The number of carbonyl (C=O) groups excluding carboxylic acids is 4. The van der Waals surface area contributed by atoms with Gasteiger partial charge in [-0.1, -0.05) is 0 Å². The molecular formula is C28H46N2O9Si2. The summed E-state index contributed by atoms with van der Waals surface area (Å²) in [6, 6.07) is 1.60. The highest BCUT2D eigenvalue weighted by Crippen LogP contribution is 2.42. The molecule has 2 aliphatic heterocycles. The summed E-state index contributed by atoms with van der Waals surface area (Å²) in [7, 11) is -4.22. The minimum absolute atomic E-state index is 0.0669. The molecule has 2 saturated heterocycles. The number of fused-ring (bicyclic) bond motifs is 2. The van der Waals surface area contributed by atoms with Crippen molar-refractivity contribution < 1.29 is 43.3 Å². The van der Waals surface area contributed by atoms with Crippen molar-refractivity contribution in [1.82, 2.24) is 9.80 Å². The molecule has 6 atom stereocenters. The third kappa shape index (κ3) is 7.18. The molecule has 0 aromatic carbocycles. The zero-order chi connectivity index (χ0) is 30.1. The van der Waals surface area contributed by atoms with Crippen molar-refractivity contribution in [3.05, 3.63) is 0 Å². The first kappa shape index (κ1) is 32.0. The molecule has 0 aromatic rings. The standard InChI is InChI=1S/C28H46N2O9Si2/c1-40(2,13-5-11-29-24(31)20-9-7-18(17-38-37)15-22(20)26(29)33)39-41(3,4)14-6-12-30-25(32)21-10-8-19(28(35)36)16-23(21)27(30)34/h18-23,37H,5-17H2,1-4H3,(H,35,36). The molecule has 2 saturated carbocycles. The number of carboxylic acid groups (broad SMARTS) is 1. The lowest BCUT2D eigenvalue weighted by Crippen LogP contribution is -2.45. The highest BCUT2D eigenvalue weighted by atomic mass is 28.4. The van der Waals surface area contributed by atoms with E-state index in [2.05, 4.69) is 31.1 Å². The maximum Gasteiger partial charge on any atom is 0.306 e. The number of hydrogen-bond acceptors (Lipinski definition) is 8. The Hall–Kier alpha value is -1.94. The highest BCUT2D eigenvalue weighted by molar-refractivity contribution is 6.84. The van der Waals surface area contributed by atoms with Crippen LogP contribution in [0.15, 0.2) is 0 Å². The topological polar surface area (TPSA) is 151 Å². The van der Waals surface area contributed by atoms with Gasteiger partial charge in [0.1, 0.15) is 0 Å². The van der Waals surface area contributed by atoms with Gasteiger partial charge >= 0.3 is 5.97 Å². The van der Waals surface area contributed by atoms with Crippen LogP contribution in [-0.2, 0) is 33.0 Å². The van der Waals surface area contributed by atoms with Crippen LogP contribution in [-0.4, -0.2) is 86.1 Å². The highest BCUT2D eigenvalue weighted by Gasteiger charge is 2.51. The van der Waals surface area contributed by atoms with Crippen LogP contribution in [0.3, 0.4) is 0 Å². The minimum atomic E-state index is -2.11. The molecule has 11 nitrogen and oxygen atoms in total. The molecular weight excluding hydrogens is 564 g/mol. The molecule has 0 radical (unpaired) electrons. The number of imide groups is 2. The van der Waals surface area contributed by atoms with Gasteiger partial charge in [0.05, 0.1) is 36.2 Å². The lowest BCUT2D eigenvalue weighted by atomic mass is 9.75. The summed E-state index contributed by atoms with van der Waals surface area (Å²) in [4.78, 5) is 70.2. The molecule has 0 bridgehead atoms. The van der Waals surface area contributed by atoms with Crippen molar-refractivity contribution >= 4 is 46.2 Å². The predicted octanol–water partition coefficient (Wildman–Crippen LogP) is 3.57. The molecule has 4 aliphatic rings. The monoisotopic (exact) mass is 610 g/mol. The van der Waals surface area contributed by atoms with Gasteiger partial charge in [-0.05, 0) is 95.6 Å². The fourth-order valence-corrected chi connectivity index (χ4v) is 16.5. The first-order valence-corrected chi connectivity index (χ1v) is 21.4. The van der Waals surface area contributed by atoms with Crippen LogP contribution < -0.4 is 0 Å². The third-order valence-electron chi connectivity index (χ3n) is 9.68. The molecule has 0 spiro atoms. The van der Waals surface area contributed by atoms with Crippen LogP contribution in [0.1, 0.15) is 51.4 Å². The average molecular weight is 611 g/mol. The number of hydrogen-bond donors (Lipinski definition) is 2. The molecule has 2 heterocycles. The van der Waals surface area contributed by atoms with Crippen molar-refractivity contribution in [2.45, 2.75) is 89.6 Å². The second-order valence-corrected chi connectivity index (χ2v) is 22.6. The SMILES string of the molecule is C[Si](C)(CCCN1C(=O)C2CCC(COO)CC2C1=O)O[Si](C)(C)CCCN1C(=O)C2CCC(C(=O)O)CC2C1=O. The first-order chi connectivity index (χ1) is 19.2. The van der Waals surface area contributed by atoms with Crippen molar-refractivity contribution in [3.63, 3.8) is 0 Å². The fourth-order valence-electron chi connectivity index (χ4n) is 7.68. The molecule has 6 unspecified atom stereocenters. The lowest BCUT2D eigenvalue weighted by molar-refractivity contribution is -0.253. The van der Waals surface area contributed by atoms with Gasteiger partial charge in [0.2, 0.25) is 23.6 Å². The summed E-state index contributed by atoms with van der Waals surface area (Å²) in [5.74, 6) is -3.30. The van der Waals surface area contributed by atoms with E-state index in [-0.39, 0.29) is 60.3 Å². The normalized spacial score (nSPS) is 30.7. The van der Waals surface area contributed by atoms with Gasteiger partial charge in [-0.2, -0.15) is 0 Å². The molecule has 2 aliphatic carbocycles. The van der Waals surface area contributed by atoms with Gasteiger partial charge in [-0.15, -0.1) is 0 Å². The Morgan fingerprint density at radius 1 is 0.756 bits per heavy atom. The van der Waals surface area contributed by atoms with Crippen molar-refractivity contribution in [2.24, 2.45) is 35.5 Å². The van der Waals surface area contributed by atoms with Crippen LogP contribution >= 0.6 is 0 Å². The van der Waals surface area contributed by atoms with Crippen molar-refractivity contribution in [2.75, 3.05) is 19.7 Å². The number of nitrogens with zero attached hydrogens (tertiary/aromatic N) is 2. The summed E-state index contributed by atoms with van der Waals surface area (Å²) in [5.41, 5.74) is 0. The summed E-state index contributed by atoms with van der Waals surface area (Å²) >= 11 is 0. The molecule has 2 N–H and O–H groups in total. The largest absolute Gasteiger partial charge is 0.481 e. The van der Waals surface area contributed by atoms with E-state index < -0.39 is 34.4 Å². The quantitative estimate of drug-likeness (QED) is 0.138. The van der Waals surface area contributed by atoms with Gasteiger partial charge in [-0.25, -0.2) is 4.89 Å². The van der Waals surface area contributed by atoms with E-state index >= 15 is 0 Å². The predicted molar refractivity (Wildman–Crippen MR) is 153 cm³/mol. The smallest absolute Gasteiger partial charge is 0.306 e. The number of likely N-dealkylation sites (tertiary alicyclic amines) is 2. The Kier molecular flexibility index (Phi) is 9.94. The molecule has 4 amide bonds.